The van der Waals surface area contributed by atoms with Gasteiger partial charge >= 0.3 is 5.97 Å². The Bertz CT molecular complexity index is 221. The van der Waals surface area contributed by atoms with Crippen molar-refractivity contribution in [3.05, 3.63) is 12.2 Å². The van der Waals surface area contributed by atoms with Gasteiger partial charge < -0.3 is 4.74 Å². The van der Waals surface area contributed by atoms with E-state index in [1.807, 2.05) is 0 Å². The van der Waals surface area contributed by atoms with E-state index in [1.165, 1.54) is 64.9 Å². The number of allylic oxidation sites excluding steroid dienone is 2. The number of rotatable bonds is 13. The number of hydrogen-bond acceptors (Lipinski definition) is 2. The maximum atomic E-state index is 10.9. The van der Waals surface area contributed by atoms with Gasteiger partial charge in [0.15, 0.2) is 0 Å². The highest BCUT2D eigenvalue weighted by atomic mass is 16.5. The topological polar surface area (TPSA) is 26.3 Å². The number of unbranched alkanes of at least 4 members (excludes halogenated alkanes) is 9. The van der Waals surface area contributed by atoms with Gasteiger partial charge in [-0.05, 0) is 25.7 Å². The quantitative estimate of drug-likeness (QED) is 0.253. The second-order valence-corrected chi connectivity index (χ2v) is 5.20. The van der Waals surface area contributed by atoms with Gasteiger partial charge in [0.2, 0.25) is 0 Å². The second-order valence-electron chi connectivity index (χ2n) is 5.20. The number of hydrogen-bond donors (Lipinski definition) is 0. The Morgan fingerprint density at radius 3 is 1.95 bits per heavy atom. The summed E-state index contributed by atoms with van der Waals surface area (Å²) in [6, 6.07) is 0. The van der Waals surface area contributed by atoms with Crippen LogP contribution in [0.5, 0.6) is 0 Å². The number of carbonyl (C=O) groups is 1. The number of methoxy groups -OCH3 is 1. The highest BCUT2D eigenvalue weighted by Gasteiger charge is 1.98. The van der Waals surface area contributed by atoms with Gasteiger partial charge in [-0.3, -0.25) is 4.79 Å². The largest absolute Gasteiger partial charge is 0.469 e. The van der Waals surface area contributed by atoms with Crippen molar-refractivity contribution in [2.24, 2.45) is 0 Å². The van der Waals surface area contributed by atoms with Gasteiger partial charge in [0.25, 0.3) is 0 Å². The van der Waals surface area contributed by atoms with Gasteiger partial charge in [-0.1, -0.05) is 64.0 Å². The first-order valence-corrected chi connectivity index (χ1v) is 8.03. The number of carbonyl (C=O) groups excluding carboxylic acids is 1. The average molecular weight is 268 g/mol. The first-order valence-electron chi connectivity index (χ1n) is 8.03. The summed E-state index contributed by atoms with van der Waals surface area (Å²) in [4.78, 5) is 10.9. The van der Waals surface area contributed by atoms with E-state index in [4.69, 9.17) is 0 Å². The molecule has 0 aliphatic carbocycles. The molecule has 0 aliphatic heterocycles. The lowest BCUT2D eigenvalue weighted by molar-refractivity contribution is -0.140. The summed E-state index contributed by atoms with van der Waals surface area (Å²) >= 11 is 0. The van der Waals surface area contributed by atoms with Crippen molar-refractivity contribution in [3.63, 3.8) is 0 Å². The third-order valence-electron chi connectivity index (χ3n) is 3.35. The first-order chi connectivity index (χ1) is 9.31. The molecule has 0 saturated heterocycles. The van der Waals surface area contributed by atoms with E-state index in [0.717, 1.165) is 12.8 Å². The molecule has 0 aromatic carbocycles. The van der Waals surface area contributed by atoms with Crippen molar-refractivity contribution in [1.29, 1.82) is 0 Å². The monoisotopic (exact) mass is 268 g/mol. The second kappa shape index (κ2) is 15.3. The van der Waals surface area contributed by atoms with Crippen LogP contribution in [0.3, 0.4) is 0 Å². The molecule has 0 aromatic rings. The van der Waals surface area contributed by atoms with Crippen LogP contribution in [0.15, 0.2) is 12.2 Å². The number of ether oxygens (including phenoxy) is 1. The Kier molecular flexibility index (Phi) is 14.6. The highest BCUT2D eigenvalue weighted by Crippen LogP contribution is 2.11. The SMILES string of the molecule is CCC/C=C\CCCCCCCCCCC(=O)OC. The molecule has 0 heterocycles. The van der Waals surface area contributed by atoms with Crippen molar-refractivity contribution in [2.75, 3.05) is 7.11 Å². The van der Waals surface area contributed by atoms with Crippen LogP contribution in [-0.2, 0) is 9.53 Å². The lowest BCUT2D eigenvalue weighted by Crippen LogP contribution is -1.99. The third-order valence-corrected chi connectivity index (χ3v) is 3.35. The van der Waals surface area contributed by atoms with Gasteiger partial charge in [0.1, 0.15) is 0 Å². The predicted octanol–water partition coefficient (Wildman–Crippen LogP) is 5.42. The maximum Gasteiger partial charge on any atom is 0.305 e. The summed E-state index contributed by atoms with van der Waals surface area (Å²) in [5.41, 5.74) is 0. The molecule has 0 atom stereocenters. The van der Waals surface area contributed by atoms with E-state index in [1.54, 1.807) is 0 Å². The smallest absolute Gasteiger partial charge is 0.305 e. The van der Waals surface area contributed by atoms with E-state index in [9.17, 15) is 4.79 Å². The minimum absolute atomic E-state index is 0.0730. The third kappa shape index (κ3) is 15.2. The van der Waals surface area contributed by atoms with Crippen LogP contribution in [0.1, 0.15) is 84.0 Å². The molecule has 2 heteroatoms. The molecule has 0 N–H and O–H groups in total. The van der Waals surface area contributed by atoms with Crippen LogP contribution < -0.4 is 0 Å². The van der Waals surface area contributed by atoms with E-state index in [0.29, 0.717) is 6.42 Å². The average Bonchev–Trinajstić information content (AvgIpc) is 2.43. The van der Waals surface area contributed by atoms with Gasteiger partial charge in [0.05, 0.1) is 7.11 Å². The molecular formula is C17H32O2. The Morgan fingerprint density at radius 1 is 0.842 bits per heavy atom. The summed E-state index contributed by atoms with van der Waals surface area (Å²) in [5.74, 6) is -0.0730. The zero-order valence-electron chi connectivity index (χ0n) is 13.0. The first kappa shape index (κ1) is 18.2. The van der Waals surface area contributed by atoms with Gasteiger partial charge in [-0.15, -0.1) is 0 Å². The summed E-state index contributed by atoms with van der Waals surface area (Å²) in [6.45, 7) is 2.22. The fourth-order valence-electron chi connectivity index (χ4n) is 2.10. The zero-order chi connectivity index (χ0) is 14.2. The summed E-state index contributed by atoms with van der Waals surface area (Å²) in [5, 5.41) is 0. The van der Waals surface area contributed by atoms with E-state index < -0.39 is 0 Å². The molecule has 0 spiro atoms. The van der Waals surface area contributed by atoms with Crippen LogP contribution in [0.4, 0.5) is 0 Å². The summed E-state index contributed by atoms with van der Waals surface area (Å²) in [6.07, 6.45) is 19.1. The fourth-order valence-corrected chi connectivity index (χ4v) is 2.10. The van der Waals surface area contributed by atoms with Crippen LogP contribution in [0, 0.1) is 0 Å². The molecular weight excluding hydrogens is 236 g/mol. The molecule has 19 heavy (non-hydrogen) atoms. The standard InChI is InChI=1S/C17H32O2/c1-3-4-5-6-7-8-9-10-11-12-13-14-15-16-17(18)19-2/h5-6H,3-4,7-16H2,1-2H3/b6-5-. The van der Waals surface area contributed by atoms with Crippen molar-refractivity contribution >= 4 is 5.97 Å². The zero-order valence-corrected chi connectivity index (χ0v) is 13.0. The van der Waals surface area contributed by atoms with Crippen molar-refractivity contribution < 1.29 is 9.53 Å². The molecule has 0 radical (unpaired) electrons. The van der Waals surface area contributed by atoms with Crippen LogP contribution in [0.25, 0.3) is 0 Å². The maximum absolute atomic E-state index is 10.9. The van der Waals surface area contributed by atoms with Crippen LogP contribution >= 0.6 is 0 Å². The number of esters is 1. The summed E-state index contributed by atoms with van der Waals surface area (Å²) < 4.78 is 4.61. The van der Waals surface area contributed by atoms with E-state index in [-0.39, 0.29) is 5.97 Å². The lowest BCUT2D eigenvalue weighted by atomic mass is 10.1. The normalized spacial score (nSPS) is 11.1. The minimum atomic E-state index is -0.0730. The molecule has 0 saturated carbocycles. The Morgan fingerprint density at radius 2 is 1.37 bits per heavy atom. The fraction of sp³-hybridized carbons (Fsp3) is 0.824. The van der Waals surface area contributed by atoms with Gasteiger partial charge in [-0.2, -0.15) is 0 Å². The van der Waals surface area contributed by atoms with E-state index >= 15 is 0 Å². The van der Waals surface area contributed by atoms with E-state index in [2.05, 4.69) is 23.8 Å². The van der Waals surface area contributed by atoms with Crippen LogP contribution in [0.2, 0.25) is 0 Å². The molecule has 0 fully saturated rings. The van der Waals surface area contributed by atoms with Crippen molar-refractivity contribution in [1.82, 2.24) is 0 Å². The predicted molar refractivity (Wildman–Crippen MR) is 82.2 cm³/mol. The van der Waals surface area contributed by atoms with Crippen LogP contribution in [-0.4, -0.2) is 13.1 Å². The van der Waals surface area contributed by atoms with Crippen molar-refractivity contribution in [3.8, 4) is 0 Å². The molecule has 0 unspecified atom stereocenters. The molecule has 2 nitrogen and oxygen atoms in total. The van der Waals surface area contributed by atoms with Gasteiger partial charge in [-0.25, -0.2) is 0 Å². The Labute approximate surface area is 119 Å². The Hall–Kier alpha value is -0.790. The minimum Gasteiger partial charge on any atom is -0.469 e. The molecule has 0 rings (SSSR count). The molecule has 0 aliphatic rings. The molecule has 112 valence electrons. The molecule has 0 aromatic heterocycles. The highest BCUT2D eigenvalue weighted by molar-refractivity contribution is 5.68. The van der Waals surface area contributed by atoms with Gasteiger partial charge in [0, 0.05) is 6.42 Å². The lowest BCUT2D eigenvalue weighted by Gasteiger charge is -2.01. The Balaban J connectivity index is 3.05. The molecule has 0 bridgehead atoms. The molecule has 0 amide bonds. The van der Waals surface area contributed by atoms with Crippen molar-refractivity contribution in [2.45, 2.75) is 84.0 Å². The summed E-state index contributed by atoms with van der Waals surface area (Å²) in [7, 11) is 1.46.